The van der Waals surface area contributed by atoms with E-state index in [0.717, 1.165) is 24.9 Å². The highest BCUT2D eigenvalue weighted by Crippen LogP contribution is 2.30. The minimum Gasteiger partial charge on any atom is -0.340 e. The zero-order valence-electron chi connectivity index (χ0n) is 14.4. The van der Waals surface area contributed by atoms with Crippen LogP contribution in [-0.2, 0) is 21.1 Å². The van der Waals surface area contributed by atoms with Gasteiger partial charge in [0.2, 0.25) is 5.91 Å². The van der Waals surface area contributed by atoms with E-state index in [1.165, 1.54) is 19.1 Å². The Bertz CT molecular complexity index is 687. The number of sulfone groups is 1. The summed E-state index contributed by atoms with van der Waals surface area (Å²) in [6, 6.07) is 8.10. The summed E-state index contributed by atoms with van der Waals surface area (Å²) in [6.07, 6.45) is 6.06. The van der Waals surface area contributed by atoms with Gasteiger partial charge in [-0.25, -0.2) is 8.42 Å². The van der Waals surface area contributed by atoms with E-state index in [1.807, 2.05) is 11.8 Å². The van der Waals surface area contributed by atoms with Gasteiger partial charge in [-0.3, -0.25) is 4.79 Å². The average molecular weight is 350 g/mol. The molecule has 2 saturated heterocycles. The number of hydrogen-bond donors (Lipinski definition) is 1. The Labute approximate surface area is 144 Å². The molecule has 24 heavy (non-hydrogen) atoms. The van der Waals surface area contributed by atoms with Crippen LogP contribution in [0.4, 0.5) is 0 Å². The molecule has 2 aliphatic rings. The number of piperidine rings is 1. The van der Waals surface area contributed by atoms with Crippen molar-refractivity contribution in [2.45, 2.75) is 62.0 Å². The zero-order valence-corrected chi connectivity index (χ0v) is 15.2. The molecule has 1 N–H and O–H groups in total. The van der Waals surface area contributed by atoms with Gasteiger partial charge in [-0.1, -0.05) is 12.1 Å². The van der Waals surface area contributed by atoms with Crippen molar-refractivity contribution in [1.29, 1.82) is 0 Å². The van der Waals surface area contributed by atoms with Gasteiger partial charge in [0.1, 0.15) is 0 Å². The fourth-order valence-electron chi connectivity index (χ4n) is 4.05. The topological polar surface area (TPSA) is 66.5 Å². The quantitative estimate of drug-likeness (QED) is 0.879. The standard InChI is InChI=1S/C18H26N2O3S/c1-3-20(16-11-14-6-7-15(12-16)19-14)18(21)10-13-4-8-17(9-5-13)24(2,22)23/h4-5,8-9,14-16,19H,3,6-7,10-12H2,1-2H3. The number of carbonyl (C=O) groups is 1. The maximum absolute atomic E-state index is 12.7. The molecule has 1 aromatic rings. The Kier molecular flexibility index (Phi) is 4.97. The van der Waals surface area contributed by atoms with Crippen molar-refractivity contribution in [3.8, 4) is 0 Å². The first-order valence-electron chi connectivity index (χ1n) is 8.71. The van der Waals surface area contributed by atoms with E-state index in [2.05, 4.69) is 5.32 Å². The van der Waals surface area contributed by atoms with Gasteiger partial charge < -0.3 is 10.2 Å². The maximum Gasteiger partial charge on any atom is 0.227 e. The number of fused-ring (bicyclic) bond motifs is 2. The third-order valence-electron chi connectivity index (χ3n) is 5.26. The summed E-state index contributed by atoms with van der Waals surface area (Å²) < 4.78 is 23.0. The highest BCUT2D eigenvalue weighted by Gasteiger charge is 2.36. The Morgan fingerprint density at radius 2 is 1.75 bits per heavy atom. The van der Waals surface area contributed by atoms with E-state index in [9.17, 15) is 13.2 Å². The van der Waals surface area contributed by atoms with Crippen molar-refractivity contribution in [2.75, 3.05) is 12.8 Å². The zero-order chi connectivity index (χ0) is 17.3. The second-order valence-corrected chi connectivity index (χ2v) is 9.05. The molecule has 2 aliphatic heterocycles. The minimum atomic E-state index is -3.19. The predicted molar refractivity (Wildman–Crippen MR) is 93.6 cm³/mol. The molecule has 1 aromatic carbocycles. The fourth-order valence-corrected chi connectivity index (χ4v) is 4.68. The number of carbonyl (C=O) groups excluding carboxylic acids is 1. The Morgan fingerprint density at radius 1 is 1.17 bits per heavy atom. The minimum absolute atomic E-state index is 0.135. The molecule has 5 nitrogen and oxygen atoms in total. The van der Waals surface area contributed by atoms with Crippen LogP contribution >= 0.6 is 0 Å². The number of hydrogen-bond acceptors (Lipinski definition) is 4. The van der Waals surface area contributed by atoms with Gasteiger partial charge in [0.15, 0.2) is 9.84 Å². The fraction of sp³-hybridized carbons (Fsp3) is 0.611. The molecule has 2 atom stereocenters. The molecule has 1 amide bonds. The molecule has 0 aromatic heterocycles. The summed E-state index contributed by atoms with van der Waals surface area (Å²) in [4.78, 5) is 15.0. The van der Waals surface area contributed by atoms with Gasteiger partial charge >= 0.3 is 0 Å². The van der Waals surface area contributed by atoms with Gasteiger partial charge in [-0.05, 0) is 50.3 Å². The number of amides is 1. The maximum atomic E-state index is 12.7. The third-order valence-corrected chi connectivity index (χ3v) is 6.39. The molecule has 2 bridgehead atoms. The smallest absolute Gasteiger partial charge is 0.227 e. The lowest BCUT2D eigenvalue weighted by molar-refractivity contribution is -0.133. The van der Waals surface area contributed by atoms with Crippen molar-refractivity contribution in [3.05, 3.63) is 29.8 Å². The molecule has 0 spiro atoms. The lowest BCUT2D eigenvalue weighted by Gasteiger charge is -2.37. The first-order chi connectivity index (χ1) is 11.4. The van der Waals surface area contributed by atoms with Gasteiger partial charge in [0.05, 0.1) is 11.3 Å². The third kappa shape index (κ3) is 3.81. The Balaban J connectivity index is 1.66. The number of nitrogens with one attached hydrogen (secondary N) is 1. The van der Waals surface area contributed by atoms with Gasteiger partial charge in [0, 0.05) is 30.9 Å². The first kappa shape index (κ1) is 17.4. The molecule has 3 rings (SSSR count). The van der Waals surface area contributed by atoms with Gasteiger partial charge in [0.25, 0.3) is 0 Å². The van der Waals surface area contributed by atoms with E-state index in [-0.39, 0.29) is 5.91 Å². The molecule has 6 heteroatoms. The van der Waals surface area contributed by atoms with Crippen LogP contribution in [0.15, 0.2) is 29.2 Å². The first-order valence-corrected chi connectivity index (χ1v) is 10.6. The van der Waals surface area contributed by atoms with Crippen molar-refractivity contribution in [1.82, 2.24) is 10.2 Å². The highest BCUT2D eigenvalue weighted by molar-refractivity contribution is 7.90. The molecule has 2 unspecified atom stereocenters. The number of rotatable bonds is 5. The van der Waals surface area contributed by atoms with Crippen LogP contribution in [0.3, 0.4) is 0 Å². The summed E-state index contributed by atoms with van der Waals surface area (Å²) in [7, 11) is -3.19. The summed E-state index contributed by atoms with van der Waals surface area (Å²) in [6.45, 7) is 2.76. The predicted octanol–water partition coefficient (Wildman–Crippen LogP) is 1.76. The summed E-state index contributed by atoms with van der Waals surface area (Å²) in [5, 5.41) is 3.61. The van der Waals surface area contributed by atoms with Crippen LogP contribution in [-0.4, -0.2) is 50.2 Å². The summed E-state index contributed by atoms with van der Waals surface area (Å²) in [5.74, 6) is 0.135. The van der Waals surface area contributed by atoms with Crippen molar-refractivity contribution in [2.24, 2.45) is 0 Å². The average Bonchev–Trinajstić information content (AvgIpc) is 2.86. The molecular formula is C18H26N2O3S. The summed E-state index contributed by atoms with van der Waals surface area (Å²) in [5.41, 5.74) is 0.864. The van der Waals surface area contributed by atoms with Crippen LogP contribution < -0.4 is 5.32 Å². The van der Waals surface area contributed by atoms with Crippen LogP contribution in [0, 0.1) is 0 Å². The van der Waals surface area contributed by atoms with E-state index in [0.29, 0.717) is 29.4 Å². The molecule has 2 heterocycles. The largest absolute Gasteiger partial charge is 0.340 e. The number of benzene rings is 1. The molecule has 0 saturated carbocycles. The molecule has 132 valence electrons. The Hall–Kier alpha value is -1.40. The SMILES string of the molecule is CCN(C(=O)Cc1ccc(S(C)(=O)=O)cc1)C1CC2CCC(C1)N2. The lowest BCUT2D eigenvalue weighted by atomic mass is 9.97. The normalized spacial score (nSPS) is 26.3. The monoisotopic (exact) mass is 350 g/mol. The Morgan fingerprint density at radius 3 is 2.25 bits per heavy atom. The number of nitrogens with zero attached hydrogens (tertiary/aromatic N) is 1. The van der Waals surface area contributed by atoms with Crippen molar-refractivity contribution < 1.29 is 13.2 Å². The van der Waals surface area contributed by atoms with E-state index in [4.69, 9.17) is 0 Å². The van der Waals surface area contributed by atoms with Crippen LogP contribution in [0.25, 0.3) is 0 Å². The van der Waals surface area contributed by atoms with Crippen molar-refractivity contribution >= 4 is 15.7 Å². The van der Waals surface area contributed by atoms with E-state index >= 15 is 0 Å². The molecule has 0 aliphatic carbocycles. The van der Waals surface area contributed by atoms with Gasteiger partial charge in [-0.2, -0.15) is 0 Å². The second-order valence-electron chi connectivity index (χ2n) is 7.04. The molecular weight excluding hydrogens is 324 g/mol. The number of likely N-dealkylation sites (N-methyl/N-ethyl adjacent to an activating group) is 1. The van der Waals surface area contributed by atoms with E-state index < -0.39 is 9.84 Å². The van der Waals surface area contributed by atoms with Crippen LogP contribution in [0.2, 0.25) is 0 Å². The van der Waals surface area contributed by atoms with Crippen LogP contribution in [0.5, 0.6) is 0 Å². The van der Waals surface area contributed by atoms with Gasteiger partial charge in [-0.15, -0.1) is 0 Å². The van der Waals surface area contributed by atoms with Crippen LogP contribution in [0.1, 0.15) is 38.2 Å². The highest BCUT2D eigenvalue weighted by atomic mass is 32.2. The lowest BCUT2D eigenvalue weighted by Crippen LogP contribution is -2.50. The van der Waals surface area contributed by atoms with E-state index in [1.54, 1.807) is 24.3 Å². The summed E-state index contributed by atoms with van der Waals surface area (Å²) >= 11 is 0. The second kappa shape index (κ2) is 6.84. The van der Waals surface area contributed by atoms with Crippen molar-refractivity contribution in [3.63, 3.8) is 0 Å². The molecule has 0 radical (unpaired) electrons. The molecule has 2 fully saturated rings.